The second-order valence-corrected chi connectivity index (χ2v) is 7.44. The summed E-state index contributed by atoms with van der Waals surface area (Å²) in [6, 6.07) is 3.80. The van der Waals surface area contributed by atoms with Crippen molar-refractivity contribution in [1.82, 2.24) is 5.32 Å². The summed E-state index contributed by atoms with van der Waals surface area (Å²) >= 11 is 12.5. The fourth-order valence-corrected chi connectivity index (χ4v) is 3.95. The summed E-state index contributed by atoms with van der Waals surface area (Å²) in [6.07, 6.45) is 7.42. The molecule has 1 aromatic rings. The zero-order chi connectivity index (χ0) is 18.7. The number of hydrogen-bond acceptors (Lipinski definition) is 3. The lowest BCUT2D eigenvalue weighted by Gasteiger charge is -2.47. The second-order valence-electron chi connectivity index (χ2n) is 6.62. The van der Waals surface area contributed by atoms with Gasteiger partial charge in [-0.15, -0.1) is 0 Å². The van der Waals surface area contributed by atoms with Gasteiger partial charge < -0.3 is 15.5 Å². The largest absolute Gasteiger partial charge is 0.371 e. The summed E-state index contributed by atoms with van der Waals surface area (Å²) in [4.78, 5) is 7.10. The van der Waals surface area contributed by atoms with E-state index in [0.717, 1.165) is 48.7 Å². The van der Waals surface area contributed by atoms with Crippen LogP contribution < -0.4 is 15.5 Å². The number of halogens is 2. The van der Waals surface area contributed by atoms with Gasteiger partial charge in [0.2, 0.25) is 0 Å². The van der Waals surface area contributed by atoms with E-state index in [2.05, 4.69) is 28.7 Å². The zero-order valence-corrected chi connectivity index (χ0v) is 16.5. The summed E-state index contributed by atoms with van der Waals surface area (Å²) < 4.78 is 0. The van der Waals surface area contributed by atoms with Gasteiger partial charge in [0.05, 0.1) is 33.5 Å². The van der Waals surface area contributed by atoms with Gasteiger partial charge in [-0.25, -0.2) is 0 Å². The van der Waals surface area contributed by atoms with Crippen LogP contribution in [0, 0.1) is 0 Å². The van der Waals surface area contributed by atoms with Crippen LogP contribution in [0.4, 0.5) is 11.4 Å². The minimum absolute atomic E-state index is 0.218. The number of anilines is 2. The molecular weight excluding hydrogens is 367 g/mol. The Morgan fingerprint density at radius 1 is 1.27 bits per heavy atom. The van der Waals surface area contributed by atoms with E-state index < -0.39 is 0 Å². The van der Waals surface area contributed by atoms with Crippen LogP contribution in [0.5, 0.6) is 0 Å². The smallest absolute Gasteiger partial charge is 0.130 e. The molecule has 138 valence electrons. The Morgan fingerprint density at radius 2 is 1.96 bits per heavy atom. The molecule has 4 nitrogen and oxygen atoms in total. The van der Waals surface area contributed by atoms with Crippen molar-refractivity contribution < 1.29 is 0 Å². The molecule has 0 atom stereocenters. The summed E-state index contributed by atoms with van der Waals surface area (Å²) in [5, 5.41) is 8.24. The Balaban J connectivity index is 2.06. The highest BCUT2D eigenvalue weighted by Crippen LogP contribution is 2.42. The number of hydrogen-bond donors (Lipinski definition) is 2. The molecule has 0 saturated carbocycles. The monoisotopic (exact) mass is 390 g/mol. The van der Waals surface area contributed by atoms with Crippen LogP contribution in [-0.4, -0.2) is 38.1 Å². The van der Waals surface area contributed by atoms with Crippen molar-refractivity contribution in [2.24, 2.45) is 4.99 Å². The Kier molecular flexibility index (Phi) is 5.76. The maximum atomic E-state index is 6.26. The summed E-state index contributed by atoms with van der Waals surface area (Å²) in [5.41, 5.74) is 2.79. The highest BCUT2D eigenvalue weighted by atomic mass is 35.5. The first kappa shape index (κ1) is 19.0. The number of nitrogens with zero attached hydrogens (tertiary/aromatic N) is 2. The molecule has 1 saturated heterocycles. The maximum absolute atomic E-state index is 6.26. The van der Waals surface area contributed by atoms with E-state index in [1.807, 2.05) is 31.3 Å². The molecule has 1 fully saturated rings. The number of benzene rings is 1. The highest BCUT2D eigenvalue weighted by Gasteiger charge is 2.43. The molecule has 2 aliphatic rings. The first-order chi connectivity index (χ1) is 12.5. The first-order valence-electron chi connectivity index (χ1n) is 8.71. The Bertz CT molecular complexity index is 776. The predicted molar refractivity (Wildman–Crippen MR) is 114 cm³/mol. The Hall–Kier alpha value is -1.75. The molecule has 0 amide bonds. The van der Waals surface area contributed by atoms with Crippen LogP contribution in [0.3, 0.4) is 0 Å². The van der Waals surface area contributed by atoms with E-state index in [1.165, 1.54) is 0 Å². The molecule has 0 bridgehead atoms. The van der Waals surface area contributed by atoms with Gasteiger partial charge in [0.1, 0.15) is 5.84 Å². The van der Waals surface area contributed by atoms with Crippen LogP contribution in [-0.2, 0) is 0 Å². The average molecular weight is 391 g/mol. The average Bonchev–Trinajstić information content (AvgIpc) is 2.63. The van der Waals surface area contributed by atoms with Crippen LogP contribution in [0.1, 0.15) is 12.8 Å². The van der Waals surface area contributed by atoms with E-state index in [1.54, 1.807) is 6.08 Å². The molecule has 26 heavy (non-hydrogen) atoms. The standard InChI is InChI=1S/C20H24Cl2N4/c1-4-6-14(5-2)13-24-19-20(7-9-23-10-8-20)25-17-11-15(21)16(22)12-18(17)26(19)3/h4-6,11-12,23,25H,1-2,7-10,13H2,3H3/b14-6+,24-19?. The lowest BCUT2D eigenvalue weighted by molar-refractivity contribution is 0.416. The van der Waals surface area contributed by atoms with Gasteiger partial charge in [-0.1, -0.05) is 54.6 Å². The van der Waals surface area contributed by atoms with Crippen LogP contribution in [0.2, 0.25) is 10.0 Å². The van der Waals surface area contributed by atoms with Crippen LogP contribution >= 0.6 is 23.2 Å². The van der Waals surface area contributed by atoms with E-state index >= 15 is 0 Å². The van der Waals surface area contributed by atoms with Crippen molar-refractivity contribution in [2.75, 3.05) is 36.9 Å². The van der Waals surface area contributed by atoms with E-state index in [-0.39, 0.29) is 5.54 Å². The number of aliphatic imine (C=N–C) groups is 1. The summed E-state index contributed by atoms with van der Waals surface area (Å²) in [6.45, 7) is 10.1. The van der Waals surface area contributed by atoms with Gasteiger partial charge in [0, 0.05) is 7.05 Å². The fraction of sp³-hybridized carbons (Fsp3) is 0.350. The van der Waals surface area contributed by atoms with Crippen molar-refractivity contribution in [3.05, 3.63) is 59.1 Å². The van der Waals surface area contributed by atoms with Crippen molar-refractivity contribution in [3.8, 4) is 0 Å². The normalized spacial score (nSPS) is 20.7. The minimum atomic E-state index is -0.218. The molecule has 1 spiro atoms. The fourth-order valence-electron chi connectivity index (χ4n) is 3.63. The Morgan fingerprint density at radius 3 is 2.62 bits per heavy atom. The van der Waals surface area contributed by atoms with Crippen LogP contribution in [0.25, 0.3) is 0 Å². The number of nitrogens with one attached hydrogen (secondary N) is 2. The van der Waals surface area contributed by atoms with E-state index in [9.17, 15) is 0 Å². The number of allylic oxidation sites excluding steroid dienone is 2. The molecule has 2 aliphatic heterocycles. The zero-order valence-electron chi connectivity index (χ0n) is 15.0. The van der Waals surface area contributed by atoms with Crippen molar-refractivity contribution in [2.45, 2.75) is 18.4 Å². The highest BCUT2D eigenvalue weighted by molar-refractivity contribution is 6.42. The predicted octanol–water partition coefficient (Wildman–Crippen LogP) is 4.67. The maximum Gasteiger partial charge on any atom is 0.130 e. The molecule has 6 heteroatoms. The van der Waals surface area contributed by atoms with Gasteiger partial charge in [-0.3, -0.25) is 4.99 Å². The van der Waals surface area contributed by atoms with Crippen LogP contribution in [0.15, 0.2) is 54.1 Å². The van der Waals surface area contributed by atoms with Gasteiger partial charge in [0.15, 0.2) is 0 Å². The third-order valence-electron chi connectivity index (χ3n) is 4.98. The summed E-state index contributed by atoms with van der Waals surface area (Å²) in [5.74, 6) is 1.02. The van der Waals surface area contributed by atoms with Gasteiger partial charge in [0.25, 0.3) is 0 Å². The van der Waals surface area contributed by atoms with Gasteiger partial charge in [-0.05, 0) is 43.6 Å². The third-order valence-corrected chi connectivity index (χ3v) is 5.70. The number of amidine groups is 1. The molecule has 1 aromatic carbocycles. The van der Waals surface area contributed by atoms with Gasteiger partial charge in [-0.2, -0.15) is 0 Å². The minimum Gasteiger partial charge on any atom is -0.371 e. The van der Waals surface area contributed by atoms with Crippen molar-refractivity contribution in [1.29, 1.82) is 0 Å². The summed E-state index contributed by atoms with van der Waals surface area (Å²) in [7, 11) is 2.04. The number of likely N-dealkylation sites (N-methyl/N-ethyl adjacent to an activating group) is 1. The number of fused-ring (bicyclic) bond motifs is 1. The van der Waals surface area contributed by atoms with Gasteiger partial charge >= 0.3 is 0 Å². The topological polar surface area (TPSA) is 39.7 Å². The SMILES string of the molecule is C=C/C=C(\C=C)CN=C1N(C)c2cc(Cl)c(Cl)cc2NC12CCNCC2. The second kappa shape index (κ2) is 7.87. The number of piperidine rings is 1. The molecule has 2 heterocycles. The molecule has 0 radical (unpaired) electrons. The molecule has 2 N–H and O–H groups in total. The third kappa shape index (κ3) is 3.54. The molecule has 3 rings (SSSR count). The van der Waals surface area contributed by atoms with E-state index in [4.69, 9.17) is 28.2 Å². The molecule has 0 unspecified atom stereocenters. The lowest BCUT2D eigenvalue weighted by atomic mass is 9.83. The molecule has 0 aliphatic carbocycles. The first-order valence-corrected chi connectivity index (χ1v) is 9.47. The van der Waals surface area contributed by atoms with E-state index in [0.29, 0.717) is 16.6 Å². The molecule has 0 aromatic heterocycles. The number of rotatable bonds is 4. The van der Waals surface area contributed by atoms with Crippen molar-refractivity contribution >= 4 is 40.4 Å². The van der Waals surface area contributed by atoms with Crippen molar-refractivity contribution in [3.63, 3.8) is 0 Å². The quantitative estimate of drug-likeness (QED) is 0.733. The molecular formula is C20H24Cl2N4. The Labute approximate surface area is 165 Å². The lowest BCUT2D eigenvalue weighted by Crippen LogP contribution is -2.60.